The first-order chi connectivity index (χ1) is 13.7. The number of quaternary nitrogens is 1. The Kier molecular flexibility index (Phi) is 5.65. The standard InChI is InChI=1S/C19H22N6OS2/c1-2-24-17(15-5-7-20-8-6-15)21-25(19(24)27)14-22-9-11-23(12-10-22)18(26)16-4-3-13-28-16/h3-8,13H,2,9-12,14H2,1H3/p+1. The maximum Gasteiger partial charge on any atom is 0.264 e. The van der Waals surface area contributed by atoms with Crippen LogP contribution in [-0.4, -0.2) is 56.3 Å². The molecule has 0 aromatic carbocycles. The van der Waals surface area contributed by atoms with Crippen LogP contribution in [0.25, 0.3) is 11.4 Å². The van der Waals surface area contributed by atoms with Gasteiger partial charge in [0.2, 0.25) is 4.77 Å². The van der Waals surface area contributed by atoms with Gasteiger partial charge in [-0.25, -0.2) is 0 Å². The minimum Gasteiger partial charge on any atom is -0.327 e. The van der Waals surface area contributed by atoms with Crippen molar-refractivity contribution >= 4 is 29.5 Å². The van der Waals surface area contributed by atoms with Crippen LogP contribution in [0, 0.1) is 4.77 Å². The van der Waals surface area contributed by atoms with Crippen molar-refractivity contribution in [2.24, 2.45) is 0 Å². The lowest BCUT2D eigenvalue weighted by atomic mass is 10.2. The molecule has 4 rings (SSSR count). The third-order valence-electron chi connectivity index (χ3n) is 5.04. The minimum atomic E-state index is 0.140. The summed E-state index contributed by atoms with van der Waals surface area (Å²) in [7, 11) is 0. The Bertz CT molecular complexity index is 987. The van der Waals surface area contributed by atoms with Gasteiger partial charge in [0.25, 0.3) is 5.91 Å². The Morgan fingerprint density at radius 2 is 2.00 bits per heavy atom. The van der Waals surface area contributed by atoms with Crippen LogP contribution in [0.3, 0.4) is 0 Å². The zero-order valence-electron chi connectivity index (χ0n) is 15.7. The van der Waals surface area contributed by atoms with E-state index in [1.807, 2.05) is 39.2 Å². The summed E-state index contributed by atoms with van der Waals surface area (Å²) in [5.74, 6) is 1.02. The normalized spacial score (nSPS) is 15.1. The van der Waals surface area contributed by atoms with Crippen molar-refractivity contribution in [3.05, 3.63) is 51.7 Å². The summed E-state index contributed by atoms with van der Waals surface area (Å²) in [6, 6.07) is 7.72. The molecule has 7 nitrogen and oxygen atoms in total. The predicted molar refractivity (Wildman–Crippen MR) is 111 cm³/mol. The third-order valence-corrected chi connectivity index (χ3v) is 6.33. The third kappa shape index (κ3) is 3.78. The fraction of sp³-hybridized carbons (Fsp3) is 0.368. The van der Waals surface area contributed by atoms with E-state index in [-0.39, 0.29) is 5.91 Å². The summed E-state index contributed by atoms with van der Waals surface area (Å²) in [5, 5.41) is 6.73. The smallest absolute Gasteiger partial charge is 0.264 e. The maximum atomic E-state index is 12.5. The van der Waals surface area contributed by atoms with Crippen LogP contribution in [-0.2, 0) is 13.2 Å². The molecule has 0 radical (unpaired) electrons. The zero-order valence-corrected chi connectivity index (χ0v) is 17.4. The molecule has 1 saturated heterocycles. The summed E-state index contributed by atoms with van der Waals surface area (Å²) in [6.07, 6.45) is 3.54. The fourth-order valence-electron chi connectivity index (χ4n) is 3.50. The Morgan fingerprint density at radius 1 is 1.25 bits per heavy atom. The molecule has 1 aliphatic rings. The zero-order chi connectivity index (χ0) is 19.5. The van der Waals surface area contributed by atoms with Crippen molar-refractivity contribution < 1.29 is 9.69 Å². The van der Waals surface area contributed by atoms with Crippen molar-refractivity contribution in [1.29, 1.82) is 0 Å². The Balaban J connectivity index is 1.45. The molecule has 9 heteroatoms. The van der Waals surface area contributed by atoms with Crippen molar-refractivity contribution in [3.8, 4) is 11.4 Å². The van der Waals surface area contributed by atoms with Gasteiger partial charge in [-0.3, -0.25) is 9.78 Å². The van der Waals surface area contributed by atoms with Crippen LogP contribution in [0.4, 0.5) is 0 Å². The summed E-state index contributed by atoms with van der Waals surface area (Å²) < 4.78 is 4.71. The van der Waals surface area contributed by atoms with E-state index in [2.05, 4.69) is 16.5 Å². The number of carbonyl (C=O) groups is 1. The second-order valence-corrected chi connectivity index (χ2v) is 8.08. The van der Waals surface area contributed by atoms with Crippen LogP contribution in [0.1, 0.15) is 16.6 Å². The monoisotopic (exact) mass is 415 g/mol. The number of pyridine rings is 1. The van der Waals surface area contributed by atoms with Gasteiger partial charge in [0.1, 0.15) is 0 Å². The SMILES string of the molecule is CCn1c(-c2ccncc2)nn(C[NH+]2CCN(C(=O)c3cccs3)CC2)c1=S. The number of aromatic nitrogens is 4. The number of thiophene rings is 1. The van der Waals surface area contributed by atoms with E-state index < -0.39 is 0 Å². The molecule has 0 aliphatic carbocycles. The van der Waals surface area contributed by atoms with Gasteiger partial charge in [-0.1, -0.05) is 6.07 Å². The van der Waals surface area contributed by atoms with Gasteiger partial charge in [-0.2, -0.15) is 4.68 Å². The first kappa shape index (κ1) is 19.0. The van der Waals surface area contributed by atoms with Crippen molar-refractivity contribution in [3.63, 3.8) is 0 Å². The Morgan fingerprint density at radius 3 is 2.64 bits per heavy atom. The number of amides is 1. The average Bonchev–Trinajstić information content (AvgIpc) is 3.37. The molecule has 1 amide bonds. The highest BCUT2D eigenvalue weighted by Gasteiger charge is 2.26. The lowest BCUT2D eigenvalue weighted by molar-refractivity contribution is -0.927. The summed E-state index contributed by atoms with van der Waals surface area (Å²) in [6.45, 7) is 6.86. The van der Waals surface area contributed by atoms with Crippen molar-refractivity contribution in [2.75, 3.05) is 26.2 Å². The first-order valence-corrected chi connectivity index (χ1v) is 10.7. The fourth-order valence-corrected chi connectivity index (χ4v) is 4.51. The topological polar surface area (TPSA) is 60.4 Å². The number of hydrogen-bond donors (Lipinski definition) is 1. The van der Waals surface area contributed by atoms with E-state index >= 15 is 0 Å². The molecule has 1 aliphatic heterocycles. The highest BCUT2D eigenvalue weighted by molar-refractivity contribution is 7.71. The highest BCUT2D eigenvalue weighted by Crippen LogP contribution is 2.17. The molecule has 0 bridgehead atoms. The first-order valence-electron chi connectivity index (χ1n) is 9.41. The maximum absolute atomic E-state index is 12.5. The van der Waals surface area contributed by atoms with E-state index in [0.717, 1.165) is 53.8 Å². The minimum absolute atomic E-state index is 0.140. The van der Waals surface area contributed by atoms with E-state index in [1.165, 1.54) is 16.2 Å². The molecule has 4 heterocycles. The van der Waals surface area contributed by atoms with Gasteiger partial charge >= 0.3 is 0 Å². The van der Waals surface area contributed by atoms with E-state index in [1.54, 1.807) is 12.4 Å². The van der Waals surface area contributed by atoms with Crippen LogP contribution in [0.5, 0.6) is 0 Å². The molecular weight excluding hydrogens is 392 g/mol. The molecule has 0 atom stereocenters. The molecule has 0 spiro atoms. The average molecular weight is 416 g/mol. The van der Waals surface area contributed by atoms with Crippen LogP contribution in [0.2, 0.25) is 0 Å². The van der Waals surface area contributed by atoms with Gasteiger partial charge in [0.15, 0.2) is 12.5 Å². The predicted octanol–water partition coefficient (Wildman–Crippen LogP) is 1.56. The molecule has 0 saturated carbocycles. The van der Waals surface area contributed by atoms with Gasteiger partial charge in [-0.15, -0.1) is 16.4 Å². The summed E-state index contributed by atoms with van der Waals surface area (Å²) in [4.78, 5) is 20.7. The van der Waals surface area contributed by atoms with E-state index in [0.29, 0.717) is 6.67 Å². The molecule has 1 fully saturated rings. The summed E-state index contributed by atoms with van der Waals surface area (Å²) >= 11 is 7.17. The number of rotatable bonds is 5. The van der Waals surface area contributed by atoms with Crippen LogP contribution in [0.15, 0.2) is 42.0 Å². The number of nitrogens with zero attached hydrogens (tertiary/aromatic N) is 5. The molecule has 0 unspecified atom stereocenters. The second-order valence-electron chi connectivity index (χ2n) is 6.76. The van der Waals surface area contributed by atoms with Gasteiger partial charge in [0.05, 0.1) is 31.1 Å². The quantitative estimate of drug-likeness (QED) is 0.643. The molecule has 3 aromatic heterocycles. The van der Waals surface area contributed by atoms with E-state index in [4.69, 9.17) is 17.3 Å². The van der Waals surface area contributed by atoms with Crippen LogP contribution >= 0.6 is 23.6 Å². The lowest BCUT2D eigenvalue weighted by Gasteiger charge is -2.31. The van der Waals surface area contributed by atoms with Crippen LogP contribution < -0.4 is 4.90 Å². The van der Waals surface area contributed by atoms with E-state index in [9.17, 15) is 4.79 Å². The lowest BCUT2D eigenvalue weighted by Crippen LogP contribution is -3.14. The number of carbonyl (C=O) groups excluding carboxylic acids is 1. The van der Waals surface area contributed by atoms with Crippen molar-refractivity contribution in [1.82, 2.24) is 24.2 Å². The molecule has 146 valence electrons. The molecule has 28 heavy (non-hydrogen) atoms. The van der Waals surface area contributed by atoms with Gasteiger partial charge in [-0.05, 0) is 42.7 Å². The number of hydrogen-bond acceptors (Lipinski definition) is 5. The summed E-state index contributed by atoms with van der Waals surface area (Å²) in [5.41, 5.74) is 1.02. The Hall–Kier alpha value is -2.36. The molecular formula is C19H23N6OS2+. The van der Waals surface area contributed by atoms with Gasteiger partial charge in [0, 0.05) is 24.5 Å². The van der Waals surface area contributed by atoms with Crippen molar-refractivity contribution in [2.45, 2.75) is 20.1 Å². The molecule has 1 N–H and O–H groups in total. The Labute approximate surface area is 172 Å². The molecule has 3 aromatic rings. The second kappa shape index (κ2) is 8.34. The number of piperazine rings is 1. The van der Waals surface area contributed by atoms with Gasteiger partial charge < -0.3 is 14.4 Å². The highest BCUT2D eigenvalue weighted by atomic mass is 32.1. The largest absolute Gasteiger partial charge is 0.327 e. The number of nitrogens with one attached hydrogen (secondary N) is 1.